The fourth-order valence-electron chi connectivity index (χ4n) is 1.86. The van der Waals surface area contributed by atoms with Crippen molar-refractivity contribution >= 4 is 21.6 Å². The summed E-state index contributed by atoms with van der Waals surface area (Å²) < 4.78 is 32.3. The van der Waals surface area contributed by atoms with Gasteiger partial charge in [0.25, 0.3) is 15.9 Å². The topological polar surface area (TPSA) is 84.5 Å². The molecular formula is C15H16N2O4S. The third kappa shape index (κ3) is 3.37. The summed E-state index contributed by atoms with van der Waals surface area (Å²) in [4.78, 5) is 11.5. The SMILES string of the molecule is CNC(=O)c1ccc(S(=O)(=O)Nc2ccccc2OC)cc1. The van der Waals surface area contributed by atoms with Crippen LogP contribution in [0.4, 0.5) is 5.69 Å². The summed E-state index contributed by atoms with van der Waals surface area (Å²) in [6.45, 7) is 0. The minimum atomic E-state index is -3.76. The van der Waals surface area contributed by atoms with Crippen LogP contribution in [-0.2, 0) is 10.0 Å². The lowest BCUT2D eigenvalue weighted by Gasteiger charge is -2.11. The van der Waals surface area contributed by atoms with E-state index >= 15 is 0 Å². The molecule has 0 aliphatic heterocycles. The van der Waals surface area contributed by atoms with E-state index in [-0.39, 0.29) is 10.8 Å². The molecule has 116 valence electrons. The average Bonchev–Trinajstić information content (AvgIpc) is 2.54. The Hall–Kier alpha value is -2.54. The number of carbonyl (C=O) groups is 1. The largest absolute Gasteiger partial charge is 0.495 e. The Bertz CT molecular complexity index is 770. The lowest BCUT2D eigenvalue weighted by Crippen LogP contribution is -2.18. The van der Waals surface area contributed by atoms with Crippen molar-refractivity contribution in [1.29, 1.82) is 0 Å². The first-order valence-corrected chi connectivity index (χ1v) is 7.94. The van der Waals surface area contributed by atoms with Crippen LogP contribution >= 0.6 is 0 Å². The molecule has 0 aromatic heterocycles. The summed E-state index contributed by atoms with van der Waals surface area (Å²) in [5, 5.41) is 2.47. The molecule has 0 spiro atoms. The Kier molecular flexibility index (Phi) is 4.67. The molecule has 0 saturated heterocycles. The number of amides is 1. The summed E-state index contributed by atoms with van der Waals surface area (Å²) in [5.41, 5.74) is 0.735. The lowest BCUT2D eigenvalue weighted by molar-refractivity contribution is 0.0963. The maximum Gasteiger partial charge on any atom is 0.262 e. The zero-order valence-electron chi connectivity index (χ0n) is 12.2. The summed E-state index contributed by atoms with van der Waals surface area (Å²) in [5.74, 6) is 0.148. The van der Waals surface area contributed by atoms with Crippen LogP contribution in [0, 0.1) is 0 Å². The maximum absolute atomic E-state index is 12.4. The molecule has 0 fully saturated rings. The smallest absolute Gasteiger partial charge is 0.262 e. The number of rotatable bonds is 5. The number of nitrogens with one attached hydrogen (secondary N) is 2. The van der Waals surface area contributed by atoms with Crippen LogP contribution in [0.1, 0.15) is 10.4 Å². The molecule has 22 heavy (non-hydrogen) atoms. The van der Waals surface area contributed by atoms with E-state index in [2.05, 4.69) is 10.0 Å². The van der Waals surface area contributed by atoms with Crippen LogP contribution in [0.3, 0.4) is 0 Å². The second-order valence-corrected chi connectivity index (χ2v) is 6.09. The van der Waals surface area contributed by atoms with Crippen molar-refractivity contribution in [2.45, 2.75) is 4.90 Å². The van der Waals surface area contributed by atoms with Crippen molar-refractivity contribution in [2.75, 3.05) is 18.9 Å². The summed E-state index contributed by atoms with van der Waals surface area (Å²) in [6.07, 6.45) is 0. The Labute approximate surface area is 129 Å². The Morgan fingerprint density at radius 1 is 1.05 bits per heavy atom. The fourth-order valence-corrected chi connectivity index (χ4v) is 2.93. The van der Waals surface area contributed by atoms with Crippen molar-refractivity contribution in [3.05, 3.63) is 54.1 Å². The van der Waals surface area contributed by atoms with Crippen molar-refractivity contribution in [3.8, 4) is 5.75 Å². The Morgan fingerprint density at radius 3 is 2.27 bits per heavy atom. The molecule has 1 amide bonds. The highest BCUT2D eigenvalue weighted by atomic mass is 32.2. The molecule has 2 aromatic rings. The Morgan fingerprint density at radius 2 is 1.68 bits per heavy atom. The molecule has 0 saturated carbocycles. The van der Waals surface area contributed by atoms with E-state index in [1.807, 2.05) is 0 Å². The van der Waals surface area contributed by atoms with E-state index in [0.29, 0.717) is 17.0 Å². The molecule has 7 heteroatoms. The molecule has 0 atom stereocenters. The van der Waals surface area contributed by atoms with Crippen molar-refractivity contribution in [1.82, 2.24) is 5.32 Å². The van der Waals surface area contributed by atoms with Crippen LogP contribution in [0.5, 0.6) is 5.75 Å². The van der Waals surface area contributed by atoms with Crippen LogP contribution in [0.25, 0.3) is 0 Å². The van der Waals surface area contributed by atoms with Crippen LogP contribution in [-0.4, -0.2) is 28.5 Å². The van der Waals surface area contributed by atoms with Gasteiger partial charge in [-0.25, -0.2) is 8.42 Å². The predicted molar refractivity (Wildman–Crippen MR) is 83.6 cm³/mol. The molecule has 2 aromatic carbocycles. The molecule has 0 heterocycles. The molecular weight excluding hydrogens is 304 g/mol. The van der Waals surface area contributed by atoms with E-state index in [0.717, 1.165) is 0 Å². The minimum Gasteiger partial charge on any atom is -0.495 e. The predicted octanol–water partition coefficient (Wildman–Crippen LogP) is 1.86. The fraction of sp³-hybridized carbons (Fsp3) is 0.133. The molecule has 2 rings (SSSR count). The zero-order valence-corrected chi connectivity index (χ0v) is 13.0. The number of hydrogen-bond acceptors (Lipinski definition) is 4. The van der Waals surface area contributed by atoms with E-state index in [4.69, 9.17) is 4.74 Å². The zero-order chi connectivity index (χ0) is 16.2. The highest BCUT2D eigenvalue weighted by Crippen LogP contribution is 2.26. The van der Waals surface area contributed by atoms with Gasteiger partial charge in [0.1, 0.15) is 5.75 Å². The van der Waals surface area contributed by atoms with Gasteiger partial charge in [0, 0.05) is 12.6 Å². The van der Waals surface area contributed by atoms with Crippen molar-refractivity contribution < 1.29 is 17.9 Å². The third-order valence-corrected chi connectivity index (χ3v) is 4.39. The first-order valence-electron chi connectivity index (χ1n) is 6.46. The van der Waals surface area contributed by atoms with Gasteiger partial charge >= 0.3 is 0 Å². The molecule has 6 nitrogen and oxygen atoms in total. The average molecular weight is 320 g/mol. The summed E-state index contributed by atoms with van der Waals surface area (Å²) in [6, 6.07) is 12.4. The first kappa shape index (κ1) is 15.8. The quantitative estimate of drug-likeness (QED) is 0.880. The normalized spacial score (nSPS) is 10.8. The van der Waals surface area contributed by atoms with Gasteiger partial charge in [-0.05, 0) is 36.4 Å². The second-order valence-electron chi connectivity index (χ2n) is 4.41. The number of hydrogen-bond donors (Lipinski definition) is 2. The van der Waals surface area contributed by atoms with Gasteiger partial charge in [-0.1, -0.05) is 12.1 Å². The lowest BCUT2D eigenvalue weighted by atomic mass is 10.2. The molecule has 0 aliphatic rings. The van der Waals surface area contributed by atoms with Gasteiger partial charge in [-0.2, -0.15) is 0 Å². The first-order chi connectivity index (χ1) is 10.5. The highest BCUT2D eigenvalue weighted by molar-refractivity contribution is 7.92. The molecule has 2 N–H and O–H groups in total. The summed E-state index contributed by atoms with van der Waals surface area (Å²) >= 11 is 0. The number of carbonyl (C=O) groups excluding carboxylic acids is 1. The van der Waals surface area contributed by atoms with Gasteiger partial charge in [-0.3, -0.25) is 9.52 Å². The van der Waals surface area contributed by atoms with Gasteiger partial charge in [0.15, 0.2) is 0 Å². The minimum absolute atomic E-state index is 0.0612. The number of benzene rings is 2. The number of anilines is 1. The van der Waals surface area contributed by atoms with Gasteiger partial charge < -0.3 is 10.1 Å². The molecule has 0 aliphatic carbocycles. The van der Waals surface area contributed by atoms with Crippen LogP contribution < -0.4 is 14.8 Å². The monoisotopic (exact) mass is 320 g/mol. The van der Waals surface area contributed by atoms with Crippen LogP contribution in [0.15, 0.2) is 53.4 Å². The van der Waals surface area contributed by atoms with E-state index < -0.39 is 10.0 Å². The van der Waals surface area contributed by atoms with E-state index in [1.165, 1.54) is 38.4 Å². The van der Waals surface area contributed by atoms with Gasteiger partial charge in [0.05, 0.1) is 17.7 Å². The van der Waals surface area contributed by atoms with Crippen LogP contribution in [0.2, 0.25) is 0 Å². The molecule has 0 bridgehead atoms. The third-order valence-electron chi connectivity index (χ3n) is 3.01. The van der Waals surface area contributed by atoms with Crippen molar-refractivity contribution in [3.63, 3.8) is 0 Å². The number of para-hydroxylation sites is 2. The maximum atomic E-state index is 12.4. The number of ether oxygens (including phenoxy) is 1. The molecule has 0 unspecified atom stereocenters. The van der Waals surface area contributed by atoms with Crippen molar-refractivity contribution in [2.24, 2.45) is 0 Å². The van der Waals surface area contributed by atoms with Gasteiger partial charge in [0.2, 0.25) is 0 Å². The second kappa shape index (κ2) is 6.48. The number of sulfonamides is 1. The van der Waals surface area contributed by atoms with E-state index in [9.17, 15) is 13.2 Å². The highest BCUT2D eigenvalue weighted by Gasteiger charge is 2.16. The standard InChI is InChI=1S/C15H16N2O4S/c1-16-15(18)11-7-9-12(10-8-11)22(19,20)17-13-5-3-4-6-14(13)21-2/h3-10,17H,1-2H3,(H,16,18). The number of methoxy groups -OCH3 is 1. The summed E-state index contributed by atoms with van der Waals surface area (Å²) in [7, 11) is -0.783. The molecule has 0 radical (unpaired) electrons. The van der Waals surface area contributed by atoms with Gasteiger partial charge in [-0.15, -0.1) is 0 Å². The van der Waals surface area contributed by atoms with E-state index in [1.54, 1.807) is 24.3 Å². The Balaban J connectivity index is 2.29.